The van der Waals surface area contributed by atoms with E-state index in [-0.39, 0.29) is 0 Å². The lowest BCUT2D eigenvalue weighted by atomic mass is 10.0. The van der Waals surface area contributed by atoms with E-state index >= 15 is 0 Å². The highest BCUT2D eigenvalue weighted by molar-refractivity contribution is 5.77. The van der Waals surface area contributed by atoms with E-state index < -0.39 is 0 Å². The molecule has 1 aromatic rings. The van der Waals surface area contributed by atoms with Crippen molar-refractivity contribution < 1.29 is 0 Å². The molecule has 116 valence electrons. The molecule has 21 heavy (non-hydrogen) atoms. The van der Waals surface area contributed by atoms with Gasteiger partial charge in [-0.25, -0.2) is 0 Å². The van der Waals surface area contributed by atoms with E-state index in [2.05, 4.69) is 49.4 Å². The molecule has 1 heterocycles. The van der Waals surface area contributed by atoms with Crippen molar-refractivity contribution in [3.05, 3.63) is 29.8 Å². The number of benzene rings is 1. The minimum Gasteiger partial charge on any atom is -0.397 e. The molecule has 0 saturated carbocycles. The van der Waals surface area contributed by atoms with Crippen LogP contribution in [0, 0.1) is 6.92 Å². The zero-order valence-corrected chi connectivity index (χ0v) is 13.8. The van der Waals surface area contributed by atoms with Gasteiger partial charge in [0, 0.05) is 32.4 Å². The van der Waals surface area contributed by atoms with Crippen LogP contribution in [0.3, 0.4) is 0 Å². The van der Waals surface area contributed by atoms with Crippen LogP contribution >= 0.6 is 0 Å². The van der Waals surface area contributed by atoms with Gasteiger partial charge in [0.1, 0.15) is 0 Å². The zero-order chi connectivity index (χ0) is 15.4. The van der Waals surface area contributed by atoms with Crippen LogP contribution in [0.1, 0.15) is 43.7 Å². The van der Waals surface area contributed by atoms with Gasteiger partial charge in [0.2, 0.25) is 0 Å². The van der Waals surface area contributed by atoms with E-state index in [0.29, 0.717) is 0 Å². The van der Waals surface area contributed by atoms with E-state index in [0.717, 1.165) is 43.1 Å². The normalized spacial score (nSPS) is 15.1. The molecule has 3 heteroatoms. The van der Waals surface area contributed by atoms with E-state index in [1.165, 1.54) is 30.4 Å². The predicted octanol–water partition coefficient (Wildman–Crippen LogP) is 3.88. The molecule has 0 aliphatic carbocycles. The van der Waals surface area contributed by atoms with Crippen LogP contribution in [0.25, 0.3) is 5.70 Å². The number of hydrogen-bond donors (Lipinski definition) is 1. The largest absolute Gasteiger partial charge is 0.397 e. The van der Waals surface area contributed by atoms with Crippen molar-refractivity contribution in [1.29, 1.82) is 0 Å². The van der Waals surface area contributed by atoms with Crippen LogP contribution in [0.4, 0.5) is 11.4 Å². The Morgan fingerprint density at radius 2 is 1.95 bits per heavy atom. The molecule has 0 aromatic heterocycles. The Balaban J connectivity index is 2.24. The highest BCUT2D eigenvalue weighted by Gasteiger charge is 2.16. The lowest BCUT2D eigenvalue weighted by molar-refractivity contribution is 0.326. The van der Waals surface area contributed by atoms with Gasteiger partial charge >= 0.3 is 0 Å². The van der Waals surface area contributed by atoms with E-state index in [1.54, 1.807) is 0 Å². The fourth-order valence-electron chi connectivity index (χ4n) is 3.29. The van der Waals surface area contributed by atoms with Gasteiger partial charge in [-0.2, -0.15) is 0 Å². The second-order valence-corrected chi connectivity index (χ2v) is 6.15. The van der Waals surface area contributed by atoms with Crippen molar-refractivity contribution >= 4 is 17.1 Å². The molecule has 2 rings (SSSR count). The van der Waals surface area contributed by atoms with Gasteiger partial charge in [-0.1, -0.05) is 13.5 Å². The number of nitrogens with zero attached hydrogens (tertiary/aromatic N) is 2. The topological polar surface area (TPSA) is 32.5 Å². The summed E-state index contributed by atoms with van der Waals surface area (Å²) in [5, 5.41) is 0. The fraction of sp³-hybridized carbons (Fsp3) is 0.556. The van der Waals surface area contributed by atoms with Crippen LogP contribution < -0.4 is 10.6 Å². The second kappa shape index (κ2) is 6.88. The number of rotatable bonds is 5. The summed E-state index contributed by atoms with van der Waals surface area (Å²) in [5.41, 5.74) is 11.9. The Morgan fingerprint density at radius 3 is 2.52 bits per heavy atom. The number of likely N-dealkylation sites (tertiary alicyclic amines) is 1. The molecule has 1 fully saturated rings. The summed E-state index contributed by atoms with van der Waals surface area (Å²) < 4.78 is 0. The highest BCUT2D eigenvalue weighted by atomic mass is 15.1. The average molecular weight is 287 g/mol. The quantitative estimate of drug-likeness (QED) is 0.834. The van der Waals surface area contributed by atoms with Crippen LogP contribution in [-0.4, -0.2) is 31.6 Å². The predicted molar refractivity (Wildman–Crippen MR) is 93.6 cm³/mol. The number of piperidine rings is 1. The Labute approximate surface area is 129 Å². The maximum atomic E-state index is 6.32. The first kappa shape index (κ1) is 15.7. The van der Waals surface area contributed by atoms with Crippen molar-refractivity contribution in [3.63, 3.8) is 0 Å². The minimum atomic E-state index is 0.860. The smallest absolute Gasteiger partial charge is 0.0627 e. The van der Waals surface area contributed by atoms with Gasteiger partial charge in [0.05, 0.1) is 11.4 Å². The number of anilines is 2. The third-order valence-corrected chi connectivity index (χ3v) is 4.34. The molecular formula is C18H29N3. The van der Waals surface area contributed by atoms with E-state index in [9.17, 15) is 0 Å². The van der Waals surface area contributed by atoms with Crippen LogP contribution in [-0.2, 0) is 0 Å². The Kier molecular flexibility index (Phi) is 5.16. The summed E-state index contributed by atoms with van der Waals surface area (Å²) in [6, 6.07) is 4.32. The summed E-state index contributed by atoms with van der Waals surface area (Å²) in [6.07, 6.45) is 5.00. The van der Waals surface area contributed by atoms with Crippen molar-refractivity contribution in [2.45, 2.75) is 39.5 Å². The molecule has 1 aliphatic rings. The van der Waals surface area contributed by atoms with Gasteiger partial charge in [0.25, 0.3) is 0 Å². The summed E-state index contributed by atoms with van der Waals surface area (Å²) in [7, 11) is 2.11. The van der Waals surface area contributed by atoms with E-state index in [4.69, 9.17) is 5.73 Å². The zero-order valence-electron chi connectivity index (χ0n) is 13.8. The number of nitrogens with two attached hydrogens (primary N) is 1. The number of aryl methyl sites for hydroxylation is 1. The minimum absolute atomic E-state index is 0.860. The third kappa shape index (κ3) is 3.52. The van der Waals surface area contributed by atoms with Crippen molar-refractivity contribution in [2.75, 3.05) is 37.3 Å². The molecule has 0 radical (unpaired) electrons. The summed E-state index contributed by atoms with van der Waals surface area (Å²) >= 11 is 0. The molecule has 0 bridgehead atoms. The lowest BCUT2D eigenvalue weighted by Gasteiger charge is -2.31. The first-order valence-corrected chi connectivity index (χ1v) is 8.10. The first-order chi connectivity index (χ1) is 10.0. The highest BCUT2D eigenvalue weighted by Crippen LogP contribution is 2.32. The molecule has 1 aliphatic heterocycles. The van der Waals surface area contributed by atoms with Gasteiger partial charge in [-0.05, 0) is 55.9 Å². The fourth-order valence-corrected chi connectivity index (χ4v) is 3.29. The number of hydrogen-bond acceptors (Lipinski definition) is 3. The Hall–Kier alpha value is -1.64. The molecule has 1 saturated heterocycles. The maximum Gasteiger partial charge on any atom is 0.0627 e. The SMILES string of the molecule is C=C(c1cc(C)c(N(C)CCC)c(N)c1)N1CCCCC1. The van der Waals surface area contributed by atoms with Crippen molar-refractivity contribution in [1.82, 2.24) is 4.90 Å². The van der Waals surface area contributed by atoms with Crippen molar-refractivity contribution in [2.24, 2.45) is 0 Å². The van der Waals surface area contributed by atoms with Crippen LogP contribution in [0.2, 0.25) is 0 Å². The first-order valence-electron chi connectivity index (χ1n) is 8.10. The maximum absolute atomic E-state index is 6.32. The van der Waals surface area contributed by atoms with Gasteiger partial charge < -0.3 is 15.5 Å². The lowest BCUT2D eigenvalue weighted by Crippen LogP contribution is -2.28. The summed E-state index contributed by atoms with van der Waals surface area (Å²) in [4.78, 5) is 4.64. The third-order valence-electron chi connectivity index (χ3n) is 4.34. The van der Waals surface area contributed by atoms with Gasteiger partial charge in [0.15, 0.2) is 0 Å². The van der Waals surface area contributed by atoms with Gasteiger partial charge in [-0.3, -0.25) is 0 Å². The van der Waals surface area contributed by atoms with E-state index in [1.807, 2.05) is 0 Å². The Bertz CT molecular complexity index is 478. The standard InChI is InChI=1S/C18H29N3/c1-5-9-20(4)18-14(2)12-16(13-17(18)19)15(3)21-10-7-6-8-11-21/h12-13H,3,5-11,19H2,1-2,4H3. The molecule has 0 atom stereocenters. The van der Waals surface area contributed by atoms with Crippen LogP contribution in [0.15, 0.2) is 18.7 Å². The average Bonchev–Trinajstić information content (AvgIpc) is 2.47. The molecular weight excluding hydrogens is 258 g/mol. The second-order valence-electron chi connectivity index (χ2n) is 6.15. The van der Waals surface area contributed by atoms with Gasteiger partial charge in [-0.15, -0.1) is 0 Å². The summed E-state index contributed by atoms with van der Waals surface area (Å²) in [5.74, 6) is 0. The van der Waals surface area contributed by atoms with Crippen molar-refractivity contribution in [3.8, 4) is 0 Å². The Morgan fingerprint density at radius 1 is 1.29 bits per heavy atom. The molecule has 3 nitrogen and oxygen atoms in total. The monoisotopic (exact) mass is 287 g/mol. The number of nitrogen functional groups attached to an aromatic ring is 1. The molecule has 1 aromatic carbocycles. The summed E-state index contributed by atoms with van der Waals surface area (Å²) in [6.45, 7) is 11.9. The van der Waals surface area contributed by atoms with Crippen LogP contribution in [0.5, 0.6) is 0 Å². The molecule has 0 spiro atoms. The molecule has 0 unspecified atom stereocenters. The molecule has 0 amide bonds. The molecule has 2 N–H and O–H groups in total.